The predicted octanol–water partition coefficient (Wildman–Crippen LogP) is -0.257. The normalized spacial score (nSPS) is 27.3. The van der Waals surface area contributed by atoms with E-state index >= 15 is 0 Å². The van der Waals surface area contributed by atoms with Crippen LogP contribution >= 0.6 is 0 Å². The van der Waals surface area contributed by atoms with Crippen molar-refractivity contribution in [1.29, 1.82) is 0 Å². The van der Waals surface area contributed by atoms with Gasteiger partial charge in [-0.05, 0) is 25.8 Å². The van der Waals surface area contributed by atoms with Gasteiger partial charge in [-0.15, -0.1) is 0 Å². The fraction of sp³-hybridized carbons (Fsp3) is 0.833. The third-order valence-electron chi connectivity index (χ3n) is 1.54. The van der Waals surface area contributed by atoms with Crippen molar-refractivity contribution >= 4 is 6.41 Å². The molecule has 3 nitrogen and oxygen atoms in total. The lowest BCUT2D eigenvalue weighted by molar-refractivity contribution is 0.374. The van der Waals surface area contributed by atoms with Gasteiger partial charge in [-0.3, -0.25) is 10.1 Å². The lowest BCUT2D eigenvalue weighted by Gasteiger charge is -2.21. The fourth-order valence-corrected chi connectivity index (χ4v) is 1.05. The summed E-state index contributed by atoms with van der Waals surface area (Å²) < 4.78 is 0. The second-order valence-corrected chi connectivity index (χ2v) is 2.25. The summed E-state index contributed by atoms with van der Waals surface area (Å²) in [6, 6.07) is 0. The van der Waals surface area contributed by atoms with Gasteiger partial charge in [-0.2, -0.15) is 0 Å². The minimum Gasteiger partial charge on any atom is -0.333 e. The number of amides is 1. The molecule has 1 atom stereocenters. The molecule has 51 valence electrons. The minimum atomic E-state index is 0.177. The summed E-state index contributed by atoms with van der Waals surface area (Å²) in [5.74, 6) is 0. The van der Waals surface area contributed by atoms with Gasteiger partial charge in [0.2, 0.25) is 0 Å². The Morgan fingerprint density at radius 2 is 2.44 bits per heavy atom. The SMILES string of the molecule is O=[C]NC1CCCCN1. The maximum atomic E-state index is 9.80. The van der Waals surface area contributed by atoms with Gasteiger partial charge in [0, 0.05) is 0 Å². The van der Waals surface area contributed by atoms with Crippen LogP contribution in [0.1, 0.15) is 19.3 Å². The van der Waals surface area contributed by atoms with E-state index in [1.807, 2.05) is 0 Å². The van der Waals surface area contributed by atoms with E-state index in [9.17, 15) is 4.79 Å². The molecule has 1 aliphatic heterocycles. The molecule has 0 aromatic rings. The molecule has 0 aromatic carbocycles. The van der Waals surface area contributed by atoms with E-state index in [0.29, 0.717) is 0 Å². The first-order valence-corrected chi connectivity index (χ1v) is 3.29. The molecular weight excluding hydrogens is 116 g/mol. The van der Waals surface area contributed by atoms with E-state index < -0.39 is 0 Å². The van der Waals surface area contributed by atoms with Gasteiger partial charge in [0.05, 0.1) is 6.17 Å². The number of carbonyl (C=O) groups excluding carboxylic acids is 1. The molecule has 0 aromatic heterocycles. The molecule has 3 heteroatoms. The summed E-state index contributed by atoms with van der Waals surface area (Å²) in [5.41, 5.74) is 0. The monoisotopic (exact) mass is 127 g/mol. The molecule has 1 aliphatic rings. The molecule has 1 rings (SSSR count). The molecule has 1 saturated heterocycles. The van der Waals surface area contributed by atoms with Crippen molar-refractivity contribution in [2.45, 2.75) is 25.4 Å². The van der Waals surface area contributed by atoms with Crippen molar-refractivity contribution in [3.05, 3.63) is 0 Å². The van der Waals surface area contributed by atoms with E-state index in [0.717, 1.165) is 13.0 Å². The van der Waals surface area contributed by atoms with Crippen LogP contribution in [0.5, 0.6) is 0 Å². The van der Waals surface area contributed by atoms with Crippen LogP contribution in [0.25, 0.3) is 0 Å². The van der Waals surface area contributed by atoms with Gasteiger partial charge in [0.25, 0.3) is 0 Å². The Kier molecular flexibility index (Phi) is 2.51. The summed E-state index contributed by atoms with van der Waals surface area (Å²) in [6.45, 7) is 1.01. The summed E-state index contributed by atoms with van der Waals surface area (Å²) >= 11 is 0. The van der Waals surface area contributed by atoms with E-state index in [2.05, 4.69) is 10.6 Å². The van der Waals surface area contributed by atoms with Crippen molar-refractivity contribution in [3.8, 4) is 0 Å². The second kappa shape index (κ2) is 3.45. The van der Waals surface area contributed by atoms with E-state index in [1.54, 1.807) is 6.41 Å². The average Bonchev–Trinajstić information content (AvgIpc) is 1.91. The summed E-state index contributed by atoms with van der Waals surface area (Å²) in [5, 5.41) is 5.71. The van der Waals surface area contributed by atoms with E-state index in [1.165, 1.54) is 12.8 Å². The standard InChI is InChI=1S/C6H11N2O/c9-5-8-6-3-1-2-4-7-6/h6-7H,1-4H2,(H,8,9). The molecular formula is C6H11N2O. The molecule has 1 amide bonds. The quantitative estimate of drug-likeness (QED) is 0.502. The average molecular weight is 127 g/mol. The molecule has 2 N–H and O–H groups in total. The molecule has 0 aliphatic carbocycles. The minimum absolute atomic E-state index is 0.177. The van der Waals surface area contributed by atoms with Gasteiger partial charge < -0.3 is 5.32 Å². The third kappa shape index (κ3) is 2.01. The molecule has 9 heavy (non-hydrogen) atoms. The Labute approximate surface area is 54.8 Å². The summed E-state index contributed by atoms with van der Waals surface area (Å²) in [7, 11) is 0. The number of nitrogens with one attached hydrogen (secondary N) is 2. The molecule has 0 bridgehead atoms. The fourth-order valence-electron chi connectivity index (χ4n) is 1.05. The zero-order chi connectivity index (χ0) is 6.53. The molecule has 1 heterocycles. The Hall–Kier alpha value is -0.570. The van der Waals surface area contributed by atoms with Gasteiger partial charge >= 0.3 is 6.41 Å². The maximum absolute atomic E-state index is 9.80. The van der Waals surface area contributed by atoms with Gasteiger partial charge in [-0.25, -0.2) is 0 Å². The number of rotatable bonds is 2. The van der Waals surface area contributed by atoms with Crippen molar-refractivity contribution in [2.75, 3.05) is 6.54 Å². The molecule has 1 radical (unpaired) electrons. The molecule has 1 unspecified atom stereocenters. The lowest BCUT2D eigenvalue weighted by atomic mass is 10.1. The third-order valence-corrected chi connectivity index (χ3v) is 1.54. The Balaban J connectivity index is 2.15. The van der Waals surface area contributed by atoms with Crippen LogP contribution in [0, 0.1) is 0 Å². The first kappa shape index (κ1) is 6.55. The van der Waals surface area contributed by atoms with Crippen LogP contribution in [0.4, 0.5) is 0 Å². The van der Waals surface area contributed by atoms with Gasteiger partial charge in [-0.1, -0.05) is 0 Å². The zero-order valence-electron chi connectivity index (χ0n) is 5.31. The smallest absolute Gasteiger partial charge is 0.310 e. The largest absolute Gasteiger partial charge is 0.333 e. The first-order valence-electron chi connectivity index (χ1n) is 3.29. The van der Waals surface area contributed by atoms with Crippen molar-refractivity contribution < 1.29 is 4.79 Å². The number of piperidine rings is 1. The summed E-state index contributed by atoms with van der Waals surface area (Å²) in [4.78, 5) is 9.80. The zero-order valence-corrected chi connectivity index (χ0v) is 5.31. The van der Waals surface area contributed by atoms with Crippen LogP contribution in [-0.4, -0.2) is 19.1 Å². The van der Waals surface area contributed by atoms with E-state index in [-0.39, 0.29) is 6.17 Å². The maximum Gasteiger partial charge on any atom is 0.310 e. The Morgan fingerprint density at radius 1 is 1.56 bits per heavy atom. The van der Waals surface area contributed by atoms with Crippen molar-refractivity contribution in [1.82, 2.24) is 10.6 Å². The number of hydrogen-bond acceptors (Lipinski definition) is 2. The Bertz CT molecular complexity index is 89.1. The predicted molar refractivity (Wildman–Crippen MR) is 34.5 cm³/mol. The van der Waals surface area contributed by atoms with Crippen molar-refractivity contribution in [2.24, 2.45) is 0 Å². The highest BCUT2D eigenvalue weighted by Crippen LogP contribution is 2.02. The highest BCUT2D eigenvalue weighted by atomic mass is 16.1. The molecule has 0 spiro atoms. The number of hydrogen-bond donors (Lipinski definition) is 2. The van der Waals surface area contributed by atoms with Gasteiger partial charge in [0.1, 0.15) is 0 Å². The highest BCUT2D eigenvalue weighted by molar-refractivity contribution is 5.47. The summed E-state index contributed by atoms with van der Waals surface area (Å²) in [6.07, 6.45) is 5.31. The van der Waals surface area contributed by atoms with Crippen LogP contribution in [0.2, 0.25) is 0 Å². The Morgan fingerprint density at radius 3 is 3.00 bits per heavy atom. The van der Waals surface area contributed by atoms with Crippen LogP contribution in [-0.2, 0) is 4.79 Å². The van der Waals surface area contributed by atoms with Crippen molar-refractivity contribution in [3.63, 3.8) is 0 Å². The molecule has 0 saturated carbocycles. The van der Waals surface area contributed by atoms with Crippen LogP contribution < -0.4 is 10.6 Å². The highest BCUT2D eigenvalue weighted by Gasteiger charge is 2.09. The van der Waals surface area contributed by atoms with Crippen LogP contribution in [0.3, 0.4) is 0 Å². The lowest BCUT2D eigenvalue weighted by Crippen LogP contribution is -2.44. The first-order chi connectivity index (χ1) is 4.43. The molecule has 1 fully saturated rings. The van der Waals surface area contributed by atoms with Crippen LogP contribution in [0.15, 0.2) is 0 Å². The second-order valence-electron chi connectivity index (χ2n) is 2.25. The van der Waals surface area contributed by atoms with Gasteiger partial charge in [0.15, 0.2) is 0 Å². The van der Waals surface area contributed by atoms with E-state index in [4.69, 9.17) is 0 Å². The topological polar surface area (TPSA) is 41.1 Å².